The number of aromatic nitrogens is 2. The molecular formula is C12H13ClN4O3. The van der Waals surface area contributed by atoms with E-state index in [-0.39, 0.29) is 17.1 Å². The molecule has 8 heteroatoms. The molecule has 0 spiro atoms. The van der Waals surface area contributed by atoms with E-state index in [1.165, 1.54) is 11.1 Å². The molecule has 1 aliphatic carbocycles. The maximum absolute atomic E-state index is 12.4. The summed E-state index contributed by atoms with van der Waals surface area (Å²) in [5.41, 5.74) is 5.23. The lowest BCUT2D eigenvalue weighted by Gasteiger charge is -2.35. The summed E-state index contributed by atoms with van der Waals surface area (Å²) in [5, 5.41) is 0.0284. The van der Waals surface area contributed by atoms with E-state index in [4.69, 9.17) is 22.1 Å². The predicted molar refractivity (Wildman–Crippen MR) is 70.4 cm³/mol. The summed E-state index contributed by atoms with van der Waals surface area (Å²) in [6, 6.07) is -0.00188. The number of ether oxygens (including phenoxy) is 1. The standard InChI is InChI=1S/C12H13ClN4O3/c13-12-15-5-7-10(16-12)17(6-3-1-2-4-6)11(19)8(20-7)9(14)18/h5-6,8H,1-4H2,(H2,14,18). The zero-order valence-electron chi connectivity index (χ0n) is 10.6. The Bertz CT molecular complexity index is 574. The Kier molecular flexibility index (Phi) is 3.21. The molecule has 1 atom stereocenters. The van der Waals surface area contributed by atoms with Crippen LogP contribution in [0, 0.1) is 0 Å². The van der Waals surface area contributed by atoms with Crippen LogP contribution in [0.25, 0.3) is 0 Å². The van der Waals surface area contributed by atoms with Crippen LogP contribution in [-0.4, -0.2) is 33.9 Å². The van der Waals surface area contributed by atoms with Crippen LogP contribution in [0.15, 0.2) is 6.20 Å². The lowest BCUT2D eigenvalue weighted by molar-refractivity contribution is -0.137. The van der Waals surface area contributed by atoms with Crippen LogP contribution in [0.5, 0.6) is 5.75 Å². The highest BCUT2D eigenvalue weighted by atomic mass is 35.5. The second-order valence-electron chi connectivity index (χ2n) is 4.87. The Morgan fingerprint density at radius 1 is 1.45 bits per heavy atom. The van der Waals surface area contributed by atoms with Gasteiger partial charge >= 0.3 is 0 Å². The quantitative estimate of drug-likeness (QED) is 0.638. The molecule has 0 saturated heterocycles. The van der Waals surface area contributed by atoms with Crippen LogP contribution >= 0.6 is 11.6 Å². The van der Waals surface area contributed by atoms with Gasteiger partial charge < -0.3 is 10.5 Å². The topological polar surface area (TPSA) is 98.4 Å². The van der Waals surface area contributed by atoms with Crippen molar-refractivity contribution in [3.8, 4) is 5.75 Å². The van der Waals surface area contributed by atoms with Gasteiger partial charge in [0.25, 0.3) is 17.9 Å². The Hall–Kier alpha value is -1.89. The van der Waals surface area contributed by atoms with Crippen molar-refractivity contribution in [2.75, 3.05) is 4.90 Å². The lowest BCUT2D eigenvalue weighted by Crippen LogP contribution is -2.55. The molecule has 1 saturated carbocycles. The van der Waals surface area contributed by atoms with Crippen LogP contribution in [0.1, 0.15) is 25.7 Å². The lowest BCUT2D eigenvalue weighted by atomic mass is 10.1. The van der Waals surface area contributed by atoms with Crippen molar-refractivity contribution in [3.05, 3.63) is 11.5 Å². The Labute approximate surface area is 120 Å². The number of carbonyl (C=O) groups excluding carboxylic acids is 2. The van der Waals surface area contributed by atoms with Gasteiger partial charge in [-0.3, -0.25) is 14.5 Å². The Morgan fingerprint density at radius 3 is 2.80 bits per heavy atom. The zero-order valence-corrected chi connectivity index (χ0v) is 11.3. The van der Waals surface area contributed by atoms with Gasteiger partial charge in [-0.05, 0) is 24.4 Å². The number of rotatable bonds is 2. The van der Waals surface area contributed by atoms with Gasteiger partial charge in [0.1, 0.15) is 0 Å². The fraction of sp³-hybridized carbons (Fsp3) is 0.500. The predicted octanol–water partition coefficient (Wildman–Crippen LogP) is 0.652. The molecule has 7 nitrogen and oxygen atoms in total. The molecule has 1 fully saturated rings. The number of hydrogen-bond acceptors (Lipinski definition) is 5. The molecule has 2 heterocycles. The number of primary amides is 1. The molecule has 1 aromatic heterocycles. The van der Waals surface area contributed by atoms with Crippen molar-refractivity contribution in [2.24, 2.45) is 5.73 Å². The molecule has 2 aliphatic rings. The van der Waals surface area contributed by atoms with Crippen molar-refractivity contribution >= 4 is 29.2 Å². The van der Waals surface area contributed by atoms with Crippen LogP contribution in [0.4, 0.5) is 5.82 Å². The minimum absolute atomic E-state index is 0.00188. The number of hydrogen-bond donors (Lipinski definition) is 1. The van der Waals surface area contributed by atoms with E-state index in [2.05, 4.69) is 9.97 Å². The molecule has 2 amide bonds. The first-order valence-corrected chi connectivity index (χ1v) is 6.77. The molecule has 20 heavy (non-hydrogen) atoms. The van der Waals surface area contributed by atoms with Crippen LogP contribution in [-0.2, 0) is 9.59 Å². The van der Waals surface area contributed by atoms with E-state index in [0.717, 1.165) is 25.7 Å². The van der Waals surface area contributed by atoms with Crippen molar-refractivity contribution in [3.63, 3.8) is 0 Å². The number of nitrogens with two attached hydrogens (primary N) is 1. The molecule has 0 radical (unpaired) electrons. The van der Waals surface area contributed by atoms with E-state index in [0.29, 0.717) is 5.82 Å². The third-order valence-electron chi connectivity index (χ3n) is 3.59. The van der Waals surface area contributed by atoms with Gasteiger partial charge in [0.05, 0.1) is 6.20 Å². The molecule has 1 unspecified atom stereocenters. The highest BCUT2D eigenvalue weighted by Gasteiger charge is 2.43. The smallest absolute Gasteiger partial charge is 0.279 e. The first-order chi connectivity index (χ1) is 9.58. The summed E-state index contributed by atoms with van der Waals surface area (Å²) >= 11 is 5.79. The minimum atomic E-state index is -1.33. The maximum atomic E-state index is 12.4. The highest BCUT2D eigenvalue weighted by molar-refractivity contribution is 6.28. The van der Waals surface area contributed by atoms with Crippen LogP contribution in [0.3, 0.4) is 0 Å². The SMILES string of the molecule is NC(=O)C1Oc2cnc(Cl)nc2N(C2CCCC2)C1=O. The van der Waals surface area contributed by atoms with E-state index < -0.39 is 17.9 Å². The molecule has 3 rings (SSSR count). The van der Waals surface area contributed by atoms with E-state index in [9.17, 15) is 9.59 Å². The summed E-state index contributed by atoms with van der Waals surface area (Å²) in [6.45, 7) is 0. The highest BCUT2D eigenvalue weighted by Crippen LogP contribution is 2.37. The molecule has 0 aromatic carbocycles. The Morgan fingerprint density at radius 2 is 2.15 bits per heavy atom. The first-order valence-electron chi connectivity index (χ1n) is 6.39. The summed E-state index contributed by atoms with van der Waals surface area (Å²) in [6.07, 6.45) is 3.81. The second kappa shape index (κ2) is 4.90. The average molecular weight is 297 g/mol. The summed E-state index contributed by atoms with van der Waals surface area (Å²) in [4.78, 5) is 33.2. The van der Waals surface area contributed by atoms with Gasteiger partial charge in [0.15, 0.2) is 11.6 Å². The maximum Gasteiger partial charge on any atom is 0.279 e. The zero-order chi connectivity index (χ0) is 14.3. The van der Waals surface area contributed by atoms with Crippen molar-refractivity contribution < 1.29 is 14.3 Å². The Balaban J connectivity index is 2.06. The molecule has 0 bridgehead atoms. The molecule has 1 aromatic rings. The number of anilines is 1. The van der Waals surface area contributed by atoms with Gasteiger partial charge in [-0.15, -0.1) is 0 Å². The van der Waals surface area contributed by atoms with Crippen LogP contribution in [0.2, 0.25) is 5.28 Å². The molecule has 2 N–H and O–H groups in total. The van der Waals surface area contributed by atoms with Gasteiger partial charge in [-0.2, -0.15) is 4.98 Å². The third kappa shape index (κ3) is 2.07. The summed E-state index contributed by atoms with van der Waals surface area (Å²) in [5.74, 6) is -0.727. The number of carbonyl (C=O) groups is 2. The molecule has 106 valence electrons. The van der Waals surface area contributed by atoms with Gasteiger partial charge in [0, 0.05) is 6.04 Å². The number of fused-ring (bicyclic) bond motifs is 1. The van der Waals surface area contributed by atoms with E-state index in [1.807, 2.05) is 0 Å². The monoisotopic (exact) mass is 296 g/mol. The molecule has 1 aliphatic heterocycles. The number of nitrogens with zero attached hydrogens (tertiary/aromatic N) is 3. The van der Waals surface area contributed by atoms with Gasteiger partial charge in [-0.25, -0.2) is 4.98 Å². The summed E-state index contributed by atoms with van der Waals surface area (Å²) < 4.78 is 5.30. The molecular weight excluding hydrogens is 284 g/mol. The van der Waals surface area contributed by atoms with E-state index >= 15 is 0 Å². The third-order valence-corrected chi connectivity index (χ3v) is 3.77. The summed E-state index contributed by atoms with van der Waals surface area (Å²) in [7, 11) is 0. The fourth-order valence-corrected chi connectivity index (χ4v) is 2.83. The number of halogens is 1. The van der Waals surface area contributed by atoms with Gasteiger partial charge in [0.2, 0.25) is 5.28 Å². The number of amides is 2. The average Bonchev–Trinajstić information content (AvgIpc) is 2.91. The first kappa shape index (κ1) is 13.1. The van der Waals surface area contributed by atoms with Crippen LogP contribution < -0.4 is 15.4 Å². The van der Waals surface area contributed by atoms with Crippen molar-refractivity contribution in [2.45, 2.75) is 37.8 Å². The normalized spacial score (nSPS) is 22.6. The minimum Gasteiger partial charge on any atom is -0.465 e. The largest absolute Gasteiger partial charge is 0.465 e. The second-order valence-corrected chi connectivity index (χ2v) is 5.21. The fourth-order valence-electron chi connectivity index (χ4n) is 2.70. The van der Waals surface area contributed by atoms with E-state index in [1.54, 1.807) is 0 Å². The van der Waals surface area contributed by atoms with Gasteiger partial charge in [-0.1, -0.05) is 12.8 Å². The van der Waals surface area contributed by atoms with Crippen molar-refractivity contribution in [1.82, 2.24) is 9.97 Å². The van der Waals surface area contributed by atoms with Crippen molar-refractivity contribution in [1.29, 1.82) is 0 Å².